The van der Waals surface area contributed by atoms with Crippen LogP contribution in [0.25, 0.3) is 10.4 Å². The lowest BCUT2D eigenvalue weighted by Gasteiger charge is -2.18. The highest BCUT2D eigenvalue weighted by Gasteiger charge is 2.58. The van der Waals surface area contributed by atoms with Crippen molar-refractivity contribution in [2.75, 3.05) is 13.1 Å². The van der Waals surface area contributed by atoms with Crippen LogP contribution in [0.1, 0.15) is 16.1 Å². The molecule has 2 aromatic rings. The average molecular weight is 302 g/mol. The minimum atomic E-state index is -0.265. The van der Waals surface area contributed by atoms with E-state index in [2.05, 4.69) is 0 Å². The Bertz CT molecular complexity index is 729. The molecule has 1 saturated carbocycles. The van der Waals surface area contributed by atoms with Gasteiger partial charge in [0.15, 0.2) is 0 Å². The molecule has 2 heterocycles. The van der Waals surface area contributed by atoms with Gasteiger partial charge in [-0.25, -0.2) is 4.39 Å². The highest BCUT2D eigenvalue weighted by molar-refractivity contribution is 7.17. The Kier molecular flexibility index (Phi) is 2.71. The Morgan fingerprint density at radius 3 is 2.95 bits per heavy atom. The van der Waals surface area contributed by atoms with Gasteiger partial charge in [-0.05, 0) is 42.2 Å². The highest BCUT2D eigenvalue weighted by atomic mass is 32.1. The first-order valence-corrected chi connectivity index (χ1v) is 7.81. The number of hydrogen-bond acceptors (Lipinski definition) is 3. The van der Waals surface area contributed by atoms with Crippen molar-refractivity contribution in [2.24, 2.45) is 11.7 Å². The van der Waals surface area contributed by atoms with Gasteiger partial charge in [0.05, 0.1) is 4.88 Å². The standard InChI is InChI=1S/C16H15FN2OS/c17-12-3-1-2-10(6-12)13-4-5-14(21-13)15(20)19-8-11-7-16(11,18)9-19/h1-6,11H,7-9,18H2/t11-,16-/m0/s1. The van der Waals surface area contributed by atoms with Gasteiger partial charge < -0.3 is 10.6 Å². The lowest BCUT2D eigenvalue weighted by atomic mass is 10.2. The fourth-order valence-corrected chi connectivity index (χ4v) is 4.06. The fraction of sp³-hybridized carbons (Fsp3) is 0.312. The first kappa shape index (κ1) is 13.0. The summed E-state index contributed by atoms with van der Waals surface area (Å²) < 4.78 is 13.3. The van der Waals surface area contributed by atoms with Gasteiger partial charge in [0.1, 0.15) is 5.82 Å². The van der Waals surface area contributed by atoms with Gasteiger partial charge in [0, 0.05) is 23.5 Å². The van der Waals surface area contributed by atoms with E-state index in [1.165, 1.54) is 23.5 Å². The van der Waals surface area contributed by atoms with Crippen LogP contribution in [0.3, 0.4) is 0 Å². The second-order valence-electron chi connectivity index (χ2n) is 5.99. The van der Waals surface area contributed by atoms with Gasteiger partial charge >= 0.3 is 0 Å². The Labute approximate surface area is 126 Å². The van der Waals surface area contributed by atoms with Gasteiger partial charge in [-0.2, -0.15) is 0 Å². The van der Waals surface area contributed by atoms with Gasteiger partial charge in [0.2, 0.25) is 0 Å². The SMILES string of the molecule is N[C@]12C[C@H]1CN(C(=O)c1ccc(-c3cccc(F)c3)s1)C2. The number of amides is 1. The number of rotatable bonds is 2. The largest absolute Gasteiger partial charge is 0.336 e. The number of carbonyl (C=O) groups is 1. The van der Waals surface area contributed by atoms with Crippen LogP contribution in [0.15, 0.2) is 36.4 Å². The fourth-order valence-electron chi connectivity index (χ4n) is 3.09. The maximum atomic E-state index is 13.3. The number of nitrogens with zero attached hydrogens (tertiary/aromatic N) is 1. The molecule has 2 N–H and O–H groups in total. The van der Waals surface area contributed by atoms with E-state index in [4.69, 9.17) is 5.73 Å². The summed E-state index contributed by atoms with van der Waals surface area (Å²) in [5.41, 5.74) is 6.82. The molecule has 21 heavy (non-hydrogen) atoms. The number of halogens is 1. The van der Waals surface area contributed by atoms with Crippen LogP contribution < -0.4 is 5.73 Å². The molecule has 1 aromatic carbocycles. The molecule has 2 atom stereocenters. The van der Waals surface area contributed by atoms with E-state index in [-0.39, 0.29) is 17.3 Å². The highest BCUT2D eigenvalue weighted by Crippen LogP contribution is 2.47. The van der Waals surface area contributed by atoms with E-state index < -0.39 is 0 Å². The maximum Gasteiger partial charge on any atom is 0.264 e. The molecule has 4 rings (SSSR count). The molecule has 1 amide bonds. The van der Waals surface area contributed by atoms with Crippen LogP contribution in [-0.2, 0) is 0 Å². The molecule has 1 aliphatic carbocycles. The Morgan fingerprint density at radius 2 is 2.24 bits per heavy atom. The molecule has 0 spiro atoms. The zero-order valence-corrected chi connectivity index (χ0v) is 12.2. The van der Waals surface area contributed by atoms with E-state index in [0.717, 1.165) is 23.4 Å². The van der Waals surface area contributed by atoms with E-state index in [1.807, 2.05) is 23.1 Å². The summed E-state index contributed by atoms with van der Waals surface area (Å²) in [6.07, 6.45) is 1.04. The van der Waals surface area contributed by atoms with Crippen molar-refractivity contribution in [3.63, 3.8) is 0 Å². The number of nitrogens with two attached hydrogens (primary N) is 1. The quantitative estimate of drug-likeness (QED) is 0.927. The van der Waals surface area contributed by atoms with Gasteiger partial charge in [-0.3, -0.25) is 4.79 Å². The summed E-state index contributed by atoms with van der Waals surface area (Å²) in [4.78, 5) is 15.9. The molecule has 5 heteroatoms. The Morgan fingerprint density at radius 1 is 1.38 bits per heavy atom. The van der Waals surface area contributed by atoms with Crippen LogP contribution in [0.5, 0.6) is 0 Å². The van der Waals surface area contributed by atoms with E-state index in [0.29, 0.717) is 17.3 Å². The van der Waals surface area contributed by atoms with Crippen molar-refractivity contribution < 1.29 is 9.18 Å². The zero-order chi connectivity index (χ0) is 14.6. The summed E-state index contributed by atoms with van der Waals surface area (Å²) in [7, 11) is 0. The lowest BCUT2D eigenvalue weighted by Crippen LogP contribution is -2.36. The summed E-state index contributed by atoms with van der Waals surface area (Å²) in [5, 5.41) is 0. The number of fused-ring (bicyclic) bond motifs is 1. The van der Waals surface area contributed by atoms with Gasteiger partial charge in [-0.15, -0.1) is 11.3 Å². The molecule has 3 nitrogen and oxygen atoms in total. The molecule has 1 aromatic heterocycles. The van der Waals surface area contributed by atoms with Crippen LogP contribution in [0, 0.1) is 11.7 Å². The van der Waals surface area contributed by atoms with Crippen molar-refractivity contribution in [1.82, 2.24) is 4.90 Å². The minimum absolute atomic E-state index is 0.0414. The molecular formula is C16H15FN2OS. The molecule has 0 bridgehead atoms. The molecule has 2 aliphatic rings. The molecule has 2 fully saturated rings. The number of thiophene rings is 1. The molecule has 0 radical (unpaired) electrons. The van der Waals surface area contributed by atoms with Crippen molar-refractivity contribution in [1.29, 1.82) is 0 Å². The molecule has 108 valence electrons. The number of hydrogen-bond donors (Lipinski definition) is 1. The van der Waals surface area contributed by atoms with Crippen molar-refractivity contribution >= 4 is 17.2 Å². The van der Waals surface area contributed by atoms with Crippen LogP contribution in [-0.4, -0.2) is 29.4 Å². The van der Waals surface area contributed by atoms with E-state index >= 15 is 0 Å². The third-order valence-corrected chi connectivity index (χ3v) is 5.54. The maximum absolute atomic E-state index is 13.3. The lowest BCUT2D eigenvalue weighted by molar-refractivity contribution is 0.0777. The third kappa shape index (κ3) is 2.17. The van der Waals surface area contributed by atoms with Crippen LogP contribution in [0.4, 0.5) is 4.39 Å². The van der Waals surface area contributed by atoms with Crippen molar-refractivity contribution in [3.05, 3.63) is 47.1 Å². The average Bonchev–Trinajstić information content (AvgIpc) is 2.84. The zero-order valence-electron chi connectivity index (χ0n) is 11.4. The molecule has 0 unspecified atom stereocenters. The van der Waals surface area contributed by atoms with Crippen molar-refractivity contribution in [3.8, 4) is 10.4 Å². The van der Waals surface area contributed by atoms with Gasteiger partial charge in [-0.1, -0.05) is 12.1 Å². The van der Waals surface area contributed by atoms with Crippen LogP contribution in [0.2, 0.25) is 0 Å². The first-order valence-electron chi connectivity index (χ1n) is 6.99. The van der Waals surface area contributed by atoms with Crippen molar-refractivity contribution in [2.45, 2.75) is 12.0 Å². The second kappa shape index (κ2) is 4.39. The number of benzene rings is 1. The Balaban J connectivity index is 1.56. The summed E-state index contributed by atoms with van der Waals surface area (Å²) >= 11 is 1.41. The third-order valence-electron chi connectivity index (χ3n) is 4.42. The molecule has 1 saturated heterocycles. The predicted molar refractivity (Wildman–Crippen MR) is 80.6 cm³/mol. The van der Waals surface area contributed by atoms with E-state index in [9.17, 15) is 9.18 Å². The normalized spacial score (nSPS) is 26.8. The molecular weight excluding hydrogens is 287 g/mol. The predicted octanol–water partition coefficient (Wildman–Crippen LogP) is 2.73. The molecule has 1 aliphatic heterocycles. The summed E-state index contributed by atoms with van der Waals surface area (Å²) in [6.45, 7) is 1.42. The number of piperidine rings is 1. The number of carbonyl (C=O) groups excluding carboxylic acids is 1. The van der Waals surface area contributed by atoms with Gasteiger partial charge in [0.25, 0.3) is 5.91 Å². The first-order chi connectivity index (χ1) is 10.0. The monoisotopic (exact) mass is 302 g/mol. The van der Waals surface area contributed by atoms with E-state index in [1.54, 1.807) is 6.07 Å². The summed E-state index contributed by atoms with van der Waals surface area (Å²) in [5.74, 6) is 0.252. The number of likely N-dealkylation sites (tertiary alicyclic amines) is 1. The van der Waals surface area contributed by atoms with Crippen LogP contribution >= 0.6 is 11.3 Å². The summed E-state index contributed by atoms with van der Waals surface area (Å²) in [6, 6.07) is 10.1. The second-order valence-corrected chi connectivity index (χ2v) is 7.08. The Hall–Kier alpha value is -1.72. The smallest absolute Gasteiger partial charge is 0.264 e. The minimum Gasteiger partial charge on any atom is -0.336 e. The topological polar surface area (TPSA) is 46.3 Å².